The van der Waals surface area contributed by atoms with E-state index in [0.717, 1.165) is 0 Å². The Balaban J connectivity index is 0.000000390. The van der Waals surface area contributed by atoms with Gasteiger partial charge in [0.05, 0.1) is 5.09 Å². The molecule has 3 aromatic carbocycles. The van der Waals surface area contributed by atoms with Crippen molar-refractivity contribution in [2.45, 2.75) is 0 Å². The molecule has 3 rings (SSSR count). The second kappa shape index (κ2) is 12.3. The predicted molar refractivity (Wildman–Crippen MR) is 103 cm³/mol. The zero-order chi connectivity index (χ0) is 20.1. The molecule has 0 aliphatic rings. The van der Waals surface area contributed by atoms with Crippen LogP contribution in [0.5, 0.6) is 0 Å². The van der Waals surface area contributed by atoms with Crippen LogP contribution in [0.1, 0.15) is 0 Å². The third kappa shape index (κ3) is 9.27. The van der Waals surface area contributed by atoms with Gasteiger partial charge in [0.2, 0.25) is 0 Å². The topological polar surface area (TPSA) is 130 Å². The summed E-state index contributed by atoms with van der Waals surface area (Å²) in [5, 5.41) is 28.4. The fourth-order valence-electron chi connectivity index (χ4n) is 2.18. The molecular formula is C18H16BiN2O6-. The second-order valence-electron chi connectivity index (χ2n) is 4.80. The third-order valence-corrected chi connectivity index (χ3v) is 12.5. The Kier molecular flexibility index (Phi) is 10.0. The molecule has 1 N–H and O–H groups in total. The van der Waals surface area contributed by atoms with E-state index in [9.17, 15) is 0 Å². The van der Waals surface area contributed by atoms with Gasteiger partial charge in [-0.1, -0.05) is 0 Å². The van der Waals surface area contributed by atoms with Crippen LogP contribution in [-0.2, 0) is 0 Å². The van der Waals surface area contributed by atoms with Crippen molar-refractivity contribution in [3.8, 4) is 0 Å². The molecule has 0 saturated carbocycles. The van der Waals surface area contributed by atoms with Gasteiger partial charge in [-0.15, -0.1) is 10.1 Å². The first-order valence-electron chi connectivity index (χ1n) is 7.52. The van der Waals surface area contributed by atoms with Crippen molar-refractivity contribution < 1.29 is 15.4 Å². The van der Waals surface area contributed by atoms with E-state index in [4.69, 9.17) is 30.6 Å². The second-order valence-corrected chi connectivity index (χ2v) is 13.4. The van der Waals surface area contributed by atoms with Crippen molar-refractivity contribution >= 4 is 31.6 Å². The Hall–Kier alpha value is -3.06. The maximum atomic E-state index is 8.36. The number of rotatable bonds is 3. The Labute approximate surface area is 163 Å². The molecule has 0 fully saturated rings. The number of hydrogen-bond donors (Lipinski definition) is 1. The van der Waals surface area contributed by atoms with E-state index in [2.05, 4.69) is 91.0 Å². The summed E-state index contributed by atoms with van der Waals surface area (Å²) in [5.41, 5.74) is 0. The van der Waals surface area contributed by atoms with Crippen molar-refractivity contribution in [1.82, 2.24) is 0 Å². The van der Waals surface area contributed by atoms with Gasteiger partial charge < -0.3 is 20.5 Å². The van der Waals surface area contributed by atoms with Crippen LogP contribution < -0.4 is 9.81 Å². The molecule has 27 heavy (non-hydrogen) atoms. The first-order valence-corrected chi connectivity index (χ1v) is 12.7. The minimum atomic E-state index is -2.06. The quantitative estimate of drug-likeness (QED) is 0.292. The van der Waals surface area contributed by atoms with E-state index in [1.807, 2.05) is 0 Å². The molecule has 0 bridgehead atoms. The number of nitrogens with zero attached hydrogens (tertiary/aromatic N) is 2. The van der Waals surface area contributed by atoms with Crippen molar-refractivity contribution in [3.63, 3.8) is 0 Å². The van der Waals surface area contributed by atoms with Crippen molar-refractivity contribution in [3.05, 3.63) is 116 Å². The first-order chi connectivity index (χ1) is 12.9. The molecule has 140 valence electrons. The molecule has 0 atom stereocenters. The summed E-state index contributed by atoms with van der Waals surface area (Å²) < 4.78 is 4.61. The number of hydrogen-bond acceptors (Lipinski definition) is 5. The Morgan fingerprint density at radius 3 is 0.963 bits per heavy atom. The van der Waals surface area contributed by atoms with Gasteiger partial charge in [-0.2, -0.15) is 0 Å². The molecule has 3 aromatic rings. The van der Waals surface area contributed by atoms with E-state index < -0.39 is 31.9 Å². The van der Waals surface area contributed by atoms with Gasteiger partial charge in [-0.25, -0.2) is 0 Å². The van der Waals surface area contributed by atoms with Gasteiger partial charge in [0.25, 0.3) is 5.09 Å². The van der Waals surface area contributed by atoms with Crippen LogP contribution in [0.4, 0.5) is 0 Å². The molecule has 0 aliphatic carbocycles. The molecule has 0 amide bonds. The van der Waals surface area contributed by atoms with Crippen LogP contribution in [0.25, 0.3) is 0 Å². The molecule has 8 nitrogen and oxygen atoms in total. The molecule has 0 unspecified atom stereocenters. The minimum absolute atomic E-state index is 1.50. The average molecular weight is 565 g/mol. The van der Waals surface area contributed by atoms with Crippen LogP contribution in [0.2, 0.25) is 0 Å². The Morgan fingerprint density at radius 1 is 0.593 bits per heavy atom. The molecule has 0 radical (unpaired) electrons. The van der Waals surface area contributed by atoms with Crippen LogP contribution in [0.15, 0.2) is 91.0 Å². The molecule has 0 aliphatic heterocycles. The third-order valence-electron chi connectivity index (χ3n) is 3.04. The summed E-state index contributed by atoms with van der Waals surface area (Å²) >= 11 is -2.06. The molecule has 0 aromatic heterocycles. The molecule has 0 spiro atoms. The zero-order valence-electron chi connectivity index (χ0n) is 14.0. The van der Waals surface area contributed by atoms with Crippen molar-refractivity contribution in [2.24, 2.45) is 0 Å². The van der Waals surface area contributed by atoms with E-state index >= 15 is 0 Å². The van der Waals surface area contributed by atoms with Crippen LogP contribution in [-0.4, -0.2) is 37.1 Å². The van der Waals surface area contributed by atoms with Gasteiger partial charge >= 0.3 is 123 Å². The number of benzene rings is 3. The van der Waals surface area contributed by atoms with Crippen molar-refractivity contribution in [1.29, 1.82) is 0 Å². The van der Waals surface area contributed by atoms with Gasteiger partial charge in [-0.05, 0) is 0 Å². The summed E-state index contributed by atoms with van der Waals surface area (Å²) in [6.07, 6.45) is 0. The van der Waals surface area contributed by atoms with Gasteiger partial charge in [0, 0.05) is 0 Å². The zero-order valence-corrected chi connectivity index (χ0v) is 17.5. The van der Waals surface area contributed by atoms with Gasteiger partial charge in [0.15, 0.2) is 0 Å². The predicted octanol–water partition coefficient (Wildman–Crippen LogP) is 1.62. The molecule has 0 heterocycles. The Morgan fingerprint density at radius 2 is 0.778 bits per heavy atom. The van der Waals surface area contributed by atoms with E-state index in [0.29, 0.717) is 0 Å². The SMILES string of the molecule is O=[N+]([O-])O.O=[N+]([O-])[O-].c1cc[c]([Bi]([c]2ccccc2)[c]2ccccc2)cc1. The Bertz CT molecular complexity index is 705. The summed E-state index contributed by atoms with van der Waals surface area (Å²) in [7, 11) is 0. The summed E-state index contributed by atoms with van der Waals surface area (Å²) in [6.45, 7) is 0. The molecule has 0 saturated heterocycles. The summed E-state index contributed by atoms with van der Waals surface area (Å²) in [4.78, 5) is 16.6. The fourth-order valence-corrected chi connectivity index (χ4v) is 11.1. The van der Waals surface area contributed by atoms with Gasteiger partial charge in [0.1, 0.15) is 0 Å². The molecule has 9 heteroatoms. The molecular weight excluding hydrogens is 549 g/mol. The summed E-state index contributed by atoms with van der Waals surface area (Å²) in [6, 6.07) is 33.0. The average Bonchev–Trinajstić information content (AvgIpc) is 2.64. The first kappa shape index (κ1) is 22.0. The van der Waals surface area contributed by atoms with Crippen LogP contribution >= 0.6 is 0 Å². The van der Waals surface area contributed by atoms with E-state index in [1.165, 1.54) is 9.81 Å². The standard InChI is InChI=1S/3C6H5.Bi.HNO3.NO3/c3*1-2-4-6-5-3-1;;2*2-1(3)4/h3*1-5H;;(H,2,3,4);/q;;;;;-1. The van der Waals surface area contributed by atoms with Crippen LogP contribution in [0, 0.1) is 25.4 Å². The van der Waals surface area contributed by atoms with Gasteiger partial charge in [-0.3, -0.25) is 0 Å². The monoisotopic (exact) mass is 565 g/mol. The van der Waals surface area contributed by atoms with E-state index in [1.54, 1.807) is 0 Å². The van der Waals surface area contributed by atoms with Crippen LogP contribution in [0.3, 0.4) is 0 Å². The fraction of sp³-hybridized carbons (Fsp3) is 0. The van der Waals surface area contributed by atoms with Crippen molar-refractivity contribution in [2.75, 3.05) is 0 Å². The van der Waals surface area contributed by atoms with E-state index in [-0.39, 0.29) is 0 Å². The maximum absolute atomic E-state index is 8.36. The normalized spacial score (nSPS) is 9.22. The summed E-state index contributed by atoms with van der Waals surface area (Å²) in [5.74, 6) is 0.